The van der Waals surface area contributed by atoms with E-state index in [4.69, 9.17) is 5.73 Å². The van der Waals surface area contributed by atoms with Crippen molar-refractivity contribution in [2.45, 2.75) is 49.9 Å². The second-order valence-corrected chi connectivity index (χ2v) is 8.55. The summed E-state index contributed by atoms with van der Waals surface area (Å²) in [6, 6.07) is 2.28. The average molecular weight is 351 g/mol. The van der Waals surface area contributed by atoms with E-state index >= 15 is 0 Å². The van der Waals surface area contributed by atoms with Crippen LogP contribution in [0.5, 0.6) is 0 Å². The van der Waals surface area contributed by atoms with Crippen LogP contribution < -0.4 is 5.73 Å². The predicted octanol–water partition coefficient (Wildman–Crippen LogP) is 3.02. The number of fused-ring (bicyclic) bond motifs is 1. The van der Waals surface area contributed by atoms with E-state index in [0.717, 1.165) is 16.9 Å². The van der Waals surface area contributed by atoms with E-state index in [1.807, 2.05) is 23.0 Å². The van der Waals surface area contributed by atoms with Crippen LogP contribution in [0.4, 0.5) is 0 Å². The Morgan fingerprint density at radius 1 is 1.57 bits per heavy atom. The standard InChI is InChI=1S/C16H22N4OS2/c1-4-10-5-6-12-11(7-10)8-13(23-12)15-18-19-16(20(15)3)22-9(2)14(17)21/h8-10H,4-7H2,1-3H3,(H2,17,21)/t9-,10+/m1/s1. The summed E-state index contributed by atoms with van der Waals surface area (Å²) < 4.78 is 1.96. The molecule has 1 aliphatic rings. The number of primary amides is 1. The molecule has 1 aliphatic carbocycles. The Morgan fingerprint density at radius 3 is 3.04 bits per heavy atom. The highest BCUT2D eigenvalue weighted by Gasteiger charge is 2.23. The summed E-state index contributed by atoms with van der Waals surface area (Å²) in [5, 5.41) is 8.97. The first kappa shape index (κ1) is 16.5. The number of nitrogens with two attached hydrogens (primary N) is 1. The van der Waals surface area contributed by atoms with Gasteiger partial charge in [0.05, 0.1) is 10.1 Å². The first-order valence-electron chi connectivity index (χ1n) is 7.96. The van der Waals surface area contributed by atoms with Gasteiger partial charge in [-0.3, -0.25) is 4.79 Å². The summed E-state index contributed by atoms with van der Waals surface area (Å²) in [6.07, 6.45) is 4.90. The third-order valence-electron chi connectivity index (χ3n) is 4.50. The molecule has 2 heterocycles. The SMILES string of the molecule is CC[C@H]1CCc2sc(-c3nnc(S[C@H](C)C(N)=O)n3C)cc2C1. The minimum atomic E-state index is -0.336. The van der Waals surface area contributed by atoms with Crippen LogP contribution in [0, 0.1) is 5.92 Å². The van der Waals surface area contributed by atoms with E-state index in [-0.39, 0.29) is 11.2 Å². The molecule has 0 aliphatic heterocycles. The Balaban J connectivity index is 1.85. The van der Waals surface area contributed by atoms with Crippen LogP contribution >= 0.6 is 23.1 Å². The van der Waals surface area contributed by atoms with Gasteiger partial charge in [0.1, 0.15) is 0 Å². The Morgan fingerprint density at radius 2 is 2.35 bits per heavy atom. The number of carbonyl (C=O) groups is 1. The Labute approximate surface area is 144 Å². The third-order valence-corrected chi connectivity index (χ3v) is 6.89. The zero-order chi connectivity index (χ0) is 16.6. The first-order valence-corrected chi connectivity index (χ1v) is 9.66. The monoisotopic (exact) mass is 350 g/mol. The van der Waals surface area contributed by atoms with Gasteiger partial charge in [0.15, 0.2) is 11.0 Å². The van der Waals surface area contributed by atoms with Gasteiger partial charge in [0, 0.05) is 11.9 Å². The summed E-state index contributed by atoms with van der Waals surface area (Å²) in [4.78, 5) is 13.9. The molecule has 0 fully saturated rings. The number of hydrogen-bond acceptors (Lipinski definition) is 5. The lowest BCUT2D eigenvalue weighted by molar-refractivity contribution is -0.117. The highest BCUT2D eigenvalue weighted by molar-refractivity contribution is 8.00. The molecule has 0 unspecified atom stereocenters. The topological polar surface area (TPSA) is 73.8 Å². The van der Waals surface area contributed by atoms with Gasteiger partial charge in [-0.25, -0.2) is 0 Å². The maximum Gasteiger partial charge on any atom is 0.230 e. The van der Waals surface area contributed by atoms with Crippen molar-refractivity contribution >= 4 is 29.0 Å². The molecule has 2 atom stereocenters. The van der Waals surface area contributed by atoms with Crippen molar-refractivity contribution in [1.82, 2.24) is 14.8 Å². The zero-order valence-electron chi connectivity index (χ0n) is 13.7. The molecule has 124 valence electrons. The molecule has 1 amide bonds. The number of hydrogen-bond donors (Lipinski definition) is 1. The summed E-state index contributed by atoms with van der Waals surface area (Å²) in [7, 11) is 1.94. The molecule has 0 aromatic carbocycles. The molecule has 23 heavy (non-hydrogen) atoms. The molecular weight excluding hydrogens is 328 g/mol. The fraction of sp³-hybridized carbons (Fsp3) is 0.562. The average Bonchev–Trinajstić information content (AvgIpc) is 3.10. The number of rotatable bonds is 5. The molecule has 0 saturated heterocycles. The van der Waals surface area contributed by atoms with Gasteiger partial charge in [-0.15, -0.1) is 21.5 Å². The van der Waals surface area contributed by atoms with Crippen LogP contribution in [0.1, 0.15) is 37.1 Å². The minimum Gasteiger partial charge on any atom is -0.369 e. The smallest absolute Gasteiger partial charge is 0.230 e. The maximum absolute atomic E-state index is 11.2. The van der Waals surface area contributed by atoms with E-state index in [0.29, 0.717) is 0 Å². The highest BCUT2D eigenvalue weighted by atomic mass is 32.2. The van der Waals surface area contributed by atoms with E-state index < -0.39 is 0 Å². The lowest BCUT2D eigenvalue weighted by atomic mass is 9.87. The van der Waals surface area contributed by atoms with E-state index in [9.17, 15) is 4.79 Å². The molecule has 2 aromatic heterocycles. The van der Waals surface area contributed by atoms with E-state index in [1.165, 1.54) is 52.8 Å². The number of amides is 1. The van der Waals surface area contributed by atoms with E-state index in [2.05, 4.69) is 23.2 Å². The second kappa shape index (κ2) is 6.65. The van der Waals surface area contributed by atoms with Gasteiger partial charge >= 0.3 is 0 Å². The van der Waals surface area contributed by atoms with Crippen molar-refractivity contribution in [3.05, 3.63) is 16.5 Å². The second-order valence-electron chi connectivity index (χ2n) is 6.10. The van der Waals surface area contributed by atoms with Crippen molar-refractivity contribution in [1.29, 1.82) is 0 Å². The largest absolute Gasteiger partial charge is 0.369 e. The third kappa shape index (κ3) is 3.30. The van der Waals surface area contributed by atoms with Gasteiger partial charge in [-0.2, -0.15) is 0 Å². The highest BCUT2D eigenvalue weighted by Crippen LogP contribution is 2.38. The van der Waals surface area contributed by atoms with Crippen molar-refractivity contribution in [3.63, 3.8) is 0 Å². The van der Waals surface area contributed by atoms with Crippen LogP contribution in [0.2, 0.25) is 0 Å². The first-order chi connectivity index (χ1) is 11.0. The molecule has 0 radical (unpaired) electrons. The Bertz CT molecular complexity index is 722. The summed E-state index contributed by atoms with van der Waals surface area (Å²) >= 11 is 3.18. The molecular formula is C16H22N4OS2. The number of thioether (sulfide) groups is 1. The van der Waals surface area contributed by atoms with Gasteiger partial charge in [-0.05, 0) is 43.7 Å². The predicted molar refractivity (Wildman–Crippen MR) is 94.6 cm³/mol. The van der Waals surface area contributed by atoms with Crippen LogP contribution in [0.15, 0.2) is 11.2 Å². The van der Waals surface area contributed by atoms with Crippen molar-refractivity contribution in [2.24, 2.45) is 18.7 Å². The molecule has 0 spiro atoms. The molecule has 0 saturated carbocycles. The fourth-order valence-corrected chi connectivity index (χ4v) is 4.90. The quantitative estimate of drug-likeness (QED) is 0.841. The van der Waals surface area contributed by atoms with Crippen LogP contribution in [0.3, 0.4) is 0 Å². The lowest BCUT2D eigenvalue weighted by Crippen LogP contribution is -2.22. The minimum absolute atomic E-state index is 0.312. The van der Waals surface area contributed by atoms with Crippen molar-refractivity contribution in [3.8, 4) is 10.7 Å². The number of carbonyl (C=O) groups excluding carboxylic acids is 1. The summed E-state index contributed by atoms with van der Waals surface area (Å²) in [5.41, 5.74) is 6.81. The molecule has 3 rings (SSSR count). The number of aryl methyl sites for hydroxylation is 1. The molecule has 2 N–H and O–H groups in total. The number of nitrogens with zero attached hydrogens (tertiary/aromatic N) is 3. The van der Waals surface area contributed by atoms with Gasteiger partial charge in [0.25, 0.3) is 0 Å². The van der Waals surface area contributed by atoms with Gasteiger partial charge in [-0.1, -0.05) is 25.1 Å². The van der Waals surface area contributed by atoms with Crippen molar-refractivity contribution in [2.75, 3.05) is 0 Å². The molecule has 5 nitrogen and oxygen atoms in total. The molecule has 2 aromatic rings. The summed E-state index contributed by atoms with van der Waals surface area (Å²) in [6.45, 7) is 4.06. The van der Waals surface area contributed by atoms with Crippen LogP contribution in [-0.4, -0.2) is 25.9 Å². The number of aromatic nitrogens is 3. The van der Waals surface area contributed by atoms with Crippen LogP contribution in [-0.2, 0) is 24.7 Å². The summed E-state index contributed by atoms with van der Waals surface area (Å²) in [5.74, 6) is 1.35. The Kier molecular flexibility index (Phi) is 4.77. The van der Waals surface area contributed by atoms with Crippen molar-refractivity contribution < 1.29 is 4.79 Å². The number of thiophene rings is 1. The lowest BCUT2D eigenvalue weighted by Gasteiger charge is -2.19. The van der Waals surface area contributed by atoms with Crippen LogP contribution in [0.25, 0.3) is 10.7 Å². The fourth-order valence-electron chi connectivity index (χ4n) is 2.91. The zero-order valence-corrected chi connectivity index (χ0v) is 15.3. The van der Waals surface area contributed by atoms with E-state index in [1.54, 1.807) is 6.92 Å². The molecule has 0 bridgehead atoms. The maximum atomic E-state index is 11.2. The Hall–Kier alpha value is -1.34. The normalized spacial score (nSPS) is 18.7. The van der Waals surface area contributed by atoms with Gasteiger partial charge < -0.3 is 10.3 Å². The van der Waals surface area contributed by atoms with Gasteiger partial charge in [0.2, 0.25) is 5.91 Å². The molecule has 7 heteroatoms.